The van der Waals surface area contributed by atoms with Crippen LogP contribution in [0.2, 0.25) is 0 Å². The summed E-state index contributed by atoms with van der Waals surface area (Å²) < 4.78 is 7.20. The summed E-state index contributed by atoms with van der Waals surface area (Å²) in [5, 5.41) is 5.29. The van der Waals surface area contributed by atoms with Crippen LogP contribution in [-0.4, -0.2) is 34.0 Å². The lowest BCUT2D eigenvalue weighted by molar-refractivity contribution is -0.118. The molecule has 0 saturated carbocycles. The summed E-state index contributed by atoms with van der Waals surface area (Å²) in [5.41, 5.74) is 6.49. The van der Waals surface area contributed by atoms with Crippen molar-refractivity contribution in [2.75, 3.05) is 12.4 Å². The third kappa shape index (κ3) is 5.68. The maximum atomic E-state index is 13.9. The van der Waals surface area contributed by atoms with Crippen molar-refractivity contribution < 1.29 is 9.53 Å². The lowest BCUT2D eigenvalue weighted by Gasteiger charge is -2.14. The van der Waals surface area contributed by atoms with E-state index in [9.17, 15) is 9.59 Å². The first kappa shape index (κ1) is 26.2. The smallest absolute Gasteiger partial charge is 0.267 e. The molecular weight excluding hydrogens is 516 g/mol. The normalized spacial score (nSPS) is 13.1. The van der Waals surface area contributed by atoms with Crippen LogP contribution in [-0.2, 0) is 24.1 Å². The van der Waals surface area contributed by atoms with Crippen LogP contribution in [0.3, 0.4) is 0 Å². The van der Waals surface area contributed by atoms with E-state index in [0.29, 0.717) is 22.8 Å². The van der Waals surface area contributed by atoms with Gasteiger partial charge in [-0.15, -0.1) is 11.3 Å². The van der Waals surface area contributed by atoms with Crippen LogP contribution in [0.25, 0.3) is 15.9 Å². The van der Waals surface area contributed by atoms with Gasteiger partial charge in [0.2, 0.25) is 0 Å². The first-order valence-electron chi connectivity index (χ1n) is 12.9. The Kier molecular flexibility index (Phi) is 8.24. The molecule has 2 aromatic heterocycles. The number of thiophene rings is 1. The fourth-order valence-corrected chi connectivity index (χ4v) is 6.66. The zero-order valence-corrected chi connectivity index (χ0v) is 23.2. The molecule has 2 heterocycles. The van der Waals surface area contributed by atoms with Crippen molar-refractivity contribution in [3.05, 3.63) is 80.5 Å². The molecule has 38 heavy (non-hydrogen) atoms. The number of amides is 1. The number of benzene rings is 2. The summed E-state index contributed by atoms with van der Waals surface area (Å²) in [6, 6.07) is 15.4. The average Bonchev–Trinajstić information content (AvgIpc) is 3.32. The lowest BCUT2D eigenvalue weighted by Crippen LogP contribution is -2.24. The number of carbonyl (C=O) groups excluding carboxylic acids is 1. The van der Waals surface area contributed by atoms with Crippen LogP contribution in [0.5, 0.6) is 5.75 Å². The Labute approximate surface area is 230 Å². The van der Waals surface area contributed by atoms with Gasteiger partial charge in [-0.3, -0.25) is 14.2 Å². The van der Waals surface area contributed by atoms with E-state index in [1.807, 2.05) is 55.5 Å². The van der Waals surface area contributed by atoms with E-state index in [2.05, 4.69) is 17.5 Å². The van der Waals surface area contributed by atoms with Crippen LogP contribution >= 0.6 is 23.1 Å². The first-order chi connectivity index (χ1) is 18.6. The maximum Gasteiger partial charge on any atom is 0.267 e. The lowest BCUT2D eigenvalue weighted by atomic mass is 9.97. The third-order valence-corrected chi connectivity index (χ3v) is 8.61. The molecule has 5 rings (SSSR count). The highest BCUT2D eigenvalue weighted by atomic mass is 32.2. The highest BCUT2D eigenvalue weighted by Gasteiger charge is 2.23. The van der Waals surface area contributed by atoms with Gasteiger partial charge < -0.3 is 4.74 Å². The molecular formula is C29H30N4O3S2. The number of hydrogen-bond acceptors (Lipinski definition) is 7. The van der Waals surface area contributed by atoms with Crippen molar-refractivity contribution in [1.29, 1.82) is 0 Å². The van der Waals surface area contributed by atoms with Gasteiger partial charge in [0, 0.05) is 4.88 Å². The van der Waals surface area contributed by atoms with Crippen LogP contribution in [0.15, 0.2) is 63.6 Å². The highest BCUT2D eigenvalue weighted by molar-refractivity contribution is 7.99. The number of aryl methyl sites for hydroxylation is 3. The number of aromatic nitrogens is 2. The van der Waals surface area contributed by atoms with Gasteiger partial charge in [-0.2, -0.15) is 5.10 Å². The topological polar surface area (TPSA) is 85.6 Å². The predicted octanol–water partition coefficient (Wildman–Crippen LogP) is 5.53. The maximum absolute atomic E-state index is 13.9. The molecule has 4 aromatic rings. The molecule has 7 nitrogen and oxygen atoms in total. The van der Waals surface area contributed by atoms with E-state index < -0.39 is 0 Å². The highest BCUT2D eigenvalue weighted by Crippen LogP contribution is 2.35. The number of hydrogen-bond donors (Lipinski definition) is 1. The van der Waals surface area contributed by atoms with Crippen LogP contribution in [0.1, 0.15) is 48.3 Å². The molecule has 1 aliphatic carbocycles. The average molecular weight is 547 g/mol. The van der Waals surface area contributed by atoms with Crippen LogP contribution < -0.4 is 15.7 Å². The number of rotatable bonds is 9. The molecule has 0 bridgehead atoms. The number of carbonyl (C=O) groups is 1. The minimum Gasteiger partial charge on any atom is -0.494 e. The van der Waals surface area contributed by atoms with E-state index in [1.54, 1.807) is 22.1 Å². The quantitative estimate of drug-likeness (QED) is 0.129. The molecule has 2 aromatic carbocycles. The van der Waals surface area contributed by atoms with Crippen LogP contribution in [0, 0.1) is 0 Å². The summed E-state index contributed by atoms with van der Waals surface area (Å²) in [4.78, 5) is 33.4. The van der Waals surface area contributed by atoms with Crippen molar-refractivity contribution in [3.63, 3.8) is 0 Å². The van der Waals surface area contributed by atoms with Gasteiger partial charge in [-0.25, -0.2) is 10.4 Å². The number of nitrogens with one attached hydrogen (secondary N) is 1. The summed E-state index contributed by atoms with van der Waals surface area (Å²) in [7, 11) is 0. The Morgan fingerprint density at radius 2 is 1.89 bits per heavy atom. The summed E-state index contributed by atoms with van der Waals surface area (Å²) in [5.74, 6) is 0.545. The number of thioether (sulfide) groups is 1. The largest absolute Gasteiger partial charge is 0.494 e. The first-order valence-corrected chi connectivity index (χ1v) is 14.7. The van der Waals surface area contributed by atoms with Gasteiger partial charge >= 0.3 is 0 Å². The molecule has 1 N–H and O–H groups in total. The summed E-state index contributed by atoms with van der Waals surface area (Å²) in [6.07, 6.45) is 6.71. The number of hydrazone groups is 1. The second-order valence-electron chi connectivity index (χ2n) is 9.03. The van der Waals surface area contributed by atoms with Crippen molar-refractivity contribution in [2.24, 2.45) is 5.10 Å². The van der Waals surface area contributed by atoms with Gasteiger partial charge in [0.05, 0.1) is 29.6 Å². The molecule has 0 fully saturated rings. The molecule has 0 saturated heterocycles. The van der Waals surface area contributed by atoms with E-state index in [-0.39, 0.29) is 17.2 Å². The van der Waals surface area contributed by atoms with E-state index in [1.165, 1.54) is 22.2 Å². The second kappa shape index (κ2) is 12.0. The minimum absolute atomic E-state index is 0.0756. The van der Waals surface area contributed by atoms with Crippen molar-refractivity contribution in [1.82, 2.24) is 15.0 Å². The molecule has 1 amide bonds. The zero-order valence-electron chi connectivity index (χ0n) is 21.5. The predicted molar refractivity (Wildman–Crippen MR) is 155 cm³/mol. The van der Waals surface area contributed by atoms with E-state index >= 15 is 0 Å². The van der Waals surface area contributed by atoms with Gasteiger partial charge in [0.1, 0.15) is 10.6 Å². The Hall–Kier alpha value is -3.43. The Bertz CT molecular complexity index is 1520. The van der Waals surface area contributed by atoms with Gasteiger partial charge in [-0.1, -0.05) is 43.0 Å². The molecule has 0 spiro atoms. The van der Waals surface area contributed by atoms with E-state index in [4.69, 9.17) is 9.72 Å². The number of fused-ring (bicyclic) bond motifs is 3. The van der Waals surface area contributed by atoms with Crippen molar-refractivity contribution >= 4 is 45.4 Å². The zero-order chi connectivity index (χ0) is 26.5. The van der Waals surface area contributed by atoms with Crippen molar-refractivity contribution in [2.45, 2.75) is 51.1 Å². The molecule has 0 atom stereocenters. The SMILES string of the molecule is CCOc1ccc(-n2c(SCC(=O)NN=Cc3ccc(CC)cc3)nc3sc4c(c3c2=O)CCCC4)cc1. The number of nitrogens with zero attached hydrogens (tertiary/aromatic N) is 3. The Morgan fingerprint density at radius 1 is 1.13 bits per heavy atom. The monoisotopic (exact) mass is 546 g/mol. The fraction of sp³-hybridized carbons (Fsp3) is 0.310. The van der Waals surface area contributed by atoms with E-state index in [0.717, 1.165) is 53.8 Å². The Morgan fingerprint density at radius 3 is 2.63 bits per heavy atom. The molecule has 0 unspecified atom stereocenters. The standard InChI is InChI=1S/C29H30N4O3S2/c1-3-19-9-11-20(12-10-19)17-30-32-25(34)18-37-29-31-27-26(23-7-5-6-8-24(23)38-27)28(35)33(29)21-13-15-22(16-14-21)36-4-2/h9-17H,3-8,18H2,1-2H3,(H,32,34). The summed E-state index contributed by atoms with van der Waals surface area (Å²) >= 11 is 2.84. The van der Waals surface area contributed by atoms with Gasteiger partial charge in [0.25, 0.3) is 11.5 Å². The van der Waals surface area contributed by atoms with Gasteiger partial charge in [-0.05, 0) is 80.0 Å². The minimum atomic E-state index is -0.269. The Balaban J connectivity index is 1.40. The molecule has 0 radical (unpaired) electrons. The molecule has 0 aliphatic heterocycles. The van der Waals surface area contributed by atoms with Crippen molar-refractivity contribution in [3.8, 4) is 11.4 Å². The van der Waals surface area contributed by atoms with Crippen LogP contribution in [0.4, 0.5) is 0 Å². The molecule has 1 aliphatic rings. The molecule has 9 heteroatoms. The summed E-state index contributed by atoms with van der Waals surface area (Å²) in [6.45, 7) is 4.61. The third-order valence-electron chi connectivity index (χ3n) is 6.49. The van der Waals surface area contributed by atoms with Gasteiger partial charge in [0.15, 0.2) is 5.16 Å². The molecule has 196 valence electrons. The second-order valence-corrected chi connectivity index (χ2v) is 11.1. The fourth-order valence-electron chi connectivity index (χ4n) is 4.55. The number of ether oxygens (including phenoxy) is 1.